The van der Waals surface area contributed by atoms with Crippen LogP contribution in [0, 0.1) is 5.41 Å². The Bertz CT molecular complexity index is 530. The summed E-state index contributed by atoms with van der Waals surface area (Å²) < 4.78 is 5.53. The summed E-state index contributed by atoms with van der Waals surface area (Å²) in [6.07, 6.45) is 5.32. The molecule has 0 spiro atoms. The van der Waals surface area contributed by atoms with Crippen molar-refractivity contribution in [1.82, 2.24) is 15.5 Å². The Hall–Kier alpha value is -1.11. The molecule has 25 heavy (non-hydrogen) atoms. The van der Waals surface area contributed by atoms with E-state index in [0.717, 1.165) is 45.4 Å². The highest BCUT2D eigenvalue weighted by molar-refractivity contribution is 7.10. The quantitative estimate of drug-likeness (QED) is 0.577. The van der Waals surface area contributed by atoms with Crippen molar-refractivity contribution in [3.63, 3.8) is 0 Å². The van der Waals surface area contributed by atoms with E-state index in [0.29, 0.717) is 11.5 Å². The summed E-state index contributed by atoms with van der Waals surface area (Å²) in [6.45, 7) is 7.86. The lowest BCUT2D eigenvalue weighted by Gasteiger charge is -2.41. The van der Waals surface area contributed by atoms with Gasteiger partial charge in [0, 0.05) is 38.1 Å². The second-order valence-electron chi connectivity index (χ2n) is 7.19. The maximum Gasteiger partial charge on any atom is 0.191 e. The molecular formula is C19H32N4OS. The Morgan fingerprint density at radius 3 is 2.72 bits per heavy atom. The van der Waals surface area contributed by atoms with Crippen LogP contribution in [0.15, 0.2) is 22.5 Å². The molecule has 1 unspecified atom stereocenters. The molecule has 1 atom stereocenters. The molecule has 1 aromatic rings. The van der Waals surface area contributed by atoms with Gasteiger partial charge in [0.05, 0.1) is 19.3 Å². The SMILES string of the molecule is CCC1(CNC(=NC)NCC(c2cccs2)N2CCOCC2)CCC1. The van der Waals surface area contributed by atoms with Crippen LogP contribution in [0.25, 0.3) is 0 Å². The van der Waals surface area contributed by atoms with E-state index in [1.54, 1.807) is 0 Å². The molecule has 0 amide bonds. The lowest BCUT2D eigenvalue weighted by molar-refractivity contribution is 0.0177. The average molecular weight is 365 g/mol. The van der Waals surface area contributed by atoms with Crippen LogP contribution in [0.2, 0.25) is 0 Å². The van der Waals surface area contributed by atoms with Gasteiger partial charge >= 0.3 is 0 Å². The van der Waals surface area contributed by atoms with Gasteiger partial charge in [-0.3, -0.25) is 9.89 Å². The summed E-state index contributed by atoms with van der Waals surface area (Å²) in [6, 6.07) is 4.76. The zero-order chi connectivity index (χ0) is 17.5. The Balaban J connectivity index is 1.55. The molecule has 1 saturated heterocycles. The molecule has 1 aromatic heterocycles. The number of hydrogen-bond acceptors (Lipinski definition) is 4. The monoisotopic (exact) mass is 364 g/mol. The van der Waals surface area contributed by atoms with E-state index < -0.39 is 0 Å². The second kappa shape index (κ2) is 9.01. The van der Waals surface area contributed by atoms with Crippen molar-refractivity contribution in [2.24, 2.45) is 10.4 Å². The van der Waals surface area contributed by atoms with Crippen molar-refractivity contribution >= 4 is 17.3 Å². The smallest absolute Gasteiger partial charge is 0.191 e. The van der Waals surface area contributed by atoms with Gasteiger partial charge in [-0.25, -0.2) is 0 Å². The molecule has 1 aliphatic heterocycles. The standard InChI is InChI=1S/C19H32N4OS/c1-3-19(7-5-8-19)15-22-18(20-2)21-14-16(17-6-4-13-25-17)23-9-11-24-12-10-23/h4,6,13,16H,3,5,7-12,14-15H2,1-2H3,(H2,20,21,22). The van der Waals surface area contributed by atoms with Crippen LogP contribution in [0.5, 0.6) is 0 Å². The van der Waals surface area contributed by atoms with Crippen molar-refractivity contribution in [2.45, 2.75) is 38.6 Å². The maximum absolute atomic E-state index is 5.53. The van der Waals surface area contributed by atoms with Gasteiger partial charge in [-0.05, 0) is 36.1 Å². The fraction of sp³-hybridized carbons (Fsp3) is 0.737. The fourth-order valence-corrected chi connectivity index (χ4v) is 4.66. The molecule has 2 fully saturated rings. The predicted octanol–water partition coefficient (Wildman–Crippen LogP) is 2.87. The summed E-state index contributed by atoms with van der Waals surface area (Å²) in [4.78, 5) is 8.37. The van der Waals surface area contributed by atoms with Gasteiger partial charge in [0.2, 0.25) is 0 Å². The lowest BCUT2D eigenvalue weighted by atomic mass is 9.67. The zero-order valence-corrected chi connectivity index (χ0v) is 16.4. The molecule has 1 saturated carbocycles. The molecule has 5 nitrogen and oxygen atoms in total. The second-order valence-corrected chi connectivity index (χ2v) is 8.17. The van der Waals surface area contributed by atoms with Crippen LogP contribution in [0.1, 0.15) is 43.5 Å². The molecule has 0 radical (unpaired) electrons. The topological polar surface area (TPSA) is 48.9 Å². The van der Waals surface area contributed by atoms with E-state index in [1.807, 2.05) is 18.4 Å². The number of aliphatic imine (C=N–C) groups is 1. The van der Waals surface area contributed by atoms with Crippen LogP contribution >= 0.6 is 11.3 Å². The van der Waals surface area contributed by atoms with Crippen molar-refractivity contribution in [3.05, 3.63) is 22.4 Å². The summed E-state index contributed by atoms with van der Waals surface area (Å²) in [5.41, 5.74) is 0.495. The van der Waals surface area contributed by atoms with Crippen LogP contribution in [0.4, 0.5) is 0 Å². The lowest BCUT2D eigenvalue weighted by Crippen LogP contribution is -2.49. The van der Waals surface area contributed by atoms with E-state index in [-0.39, 0.29) is 0 Å². The minimum Gasteiger partial charge on any atom is -0.379 e. The zero-order valence-electron chi connectivity index (χ0n) is 15.6. The van der Waals surface area contributed by atoms with Crippen LogP contribution in [-0.2, 0) is 4.74 Å². The molecule has 3 rings (SSSR count). The third kappa shape index (κ3) is 4.74. The first-order chi connectivity index (χ1) is 12.3. The van der Waals surface area contributed by atoms with Gasteiger partial charge < -0.3 is 15.4 Å². The van der Waals surface area contributed by atoms with Crippen LogP contribution in [-0.4, -0.2) is 57.3 Å². The number of guanidine groups is 1. The summed E-state index contributed by atoms with van der Waals surface area (Å²) in [5.74, 6) is 0.926. The van der Waals surface area contributed by atoms with Gasteiger partial charge in [-0.15, -0.1) is 11.3 Å². The molecule has 2 heterocycles. The maximum atomic E-state index is 5.53. The Labute approximate surface area is 155 Å². The van der Waals surface area contributed by atoms with Crippen molar-refractivity contribution in [1.29, 1.82) is 0 Å². The third-order valence-electron chi connectivity index (χ3n) is 5.84. The first kappa shape index (κ1) is 18.7. The van der Waals surface area contributed by atoms with Crippen molar-refractivity contribution < 1.29 is 4.74 Å². The number of nitrogens with zero attached hydrogens (tertiary/aromatic N) is 2. The first-order valence-corrected chi connectivity index (χ1v) is 10.4. The average Bonchev–Trinajstić information content (AvgIpc) is 3.15. The van der Waals surface area contributed by atoms with Gasteiger partial charge in [-0.1, -0.05) is 19.4 Å². The van der Waals surface area contributed by atoms with E-state index in [9.17, 15) is 0 Å². The summed E-state index contributed by atoms with van der Waals surface area (Å²) in [5, 5.41) is 9.29. The number of morpholine rings is 1. The summed E-state index contributed by atoms with van der Waals surface area (Å²) in [7, 11) is 1.86. The molecule has 6 heteroatoms. The van der Waals surface area contributed by atoms with Crippen molar-refractivity contribution in [2.75, 3.05) is 46.4 Å². The Morgan fingerprint density at radius 1 is 1.36 bits per heavy atom. The third-order valence-corrected chi connectivity index (χ3v) is 6.81. The van der Waals surface area contributed by atoms with Crippen LogP contribution < -0.4 is 10.6 Å². The molecule has 140 valence electrons. The highest BCUT2D eigenvalue weighted by atomic mass is 32.1. The molecule has 1 aliphatic carbocycles. The Kier molecular flexibility index (Phi) is 6.73. The fourth-order valence-electron chi connectivity index (χ4n) is 3.80. The normalized spacial score (nSPS) is 22.2. The number of hydrogen-bond donors (Lipinski definition) is 2. The van der Waals surface area contributed by atoms with Gasteiger partial charge in [0.25, 0.3) is 0 Å². The largest absolute Gasteiger partial charge is 0.379 e. The van der Waals surface area contributed by atoms with Gasteiger partial charge in [0.15, 0.2) is 5.96 Å². The number of thiophene rings is 1. The van der Waals surface area contributed by atoms with E-state index in [4.69, 9.17) is 4.74 Å². The van der Waals surface area contributed by atoms with E-state index in [2.05, 4.69) is 45.0 Å². The molecular weight excluding hydrogens is 332 g/mol. The number of ether oxygens (including phenoxy) is 1. The van der Waals surface area contributed by atoms with Gasteiger partial charge in [0.1, 0.15) is 0 Å². The Morgan fingerprint density at radius 2 is 2.16 bits per heavy atom. The highest BCUT2D eigenvalue weighted by Crippen LogP contribution is 2.43. The van der Waals surface area contributed by atoms with E-state index in [1.165, 1.54) is 30.6 Å². The molecule has 2 aliphatic rings. The number of rotatable bonds is 7. The first-order valence-electron chi connectivity index (χ1n) is 9.56. The molecule has 0 aromatic carbocycles. The predicted molar refractivity (Wildman–Crippen MR) is 105 cm³/mol. The van der Waals surface area contributed by atoms with Crippen molar-refractivity contribution in [3.8, 4) is 0 Å². The molecule has 0 bridgehead atoms. The van der Waals surface area contributed by atoms with E-state index >= 15 is 0 Å². The number of nitrogens with one attached hydrogen (secondary N) is 2. The van der Waals surface area contributed by atoms with Gasteiger partial charge in [-0.2, -0.15) is 0 Å². The minimum absolute atomic E-state index is 0.381. The summed E-state index contributed by atoms with van der Waals surface area (Å²) >= 11 is 1.84. The minimum atomic E-state index is 0.381. The highest BCUT2D eigenvalue weighted by Gasteiger charge is 2.35. The van der Waals surface area contributed by atoms with Crippen LogP contribution in [0.3, 0.4) is 0 Å². The molecule has 2 N–H and O–H groups in total.